The van der Waals surface area contributed by atoms with Crippen LogP contribution in [0, 0.1) is 19.7 Å². The smallest absolute Gasteiger partial charge is 0.355 e. The average Bonchev–Trinajstić information content (AvgIpc) is 3.05. The number of rotatable bonds is 8. The summed E-state index contributed by atoms with van der Waals surface area (Å²) in [6, 6.07) is 15.6. The lowest BCUT2D eigenvalue weighted by Crippen LogP contribution is -2.33. The average molecular weight is 423 g/mol. The van der Waals surface area contributed by atoms with Crippen molar-refractivity contribution in [3.63, 3.8) is 0 Å². The molecule has 1 amide bonds. The zero-order valence-corrected chi connectivity index (χ0v) is 18.1. The van der Waals surface area contributed by atoms with Gasteiger partial charge in [0.15, 0.2) is 0 Å². The molecule has 0 aliphatic rings. The number of esters is 1. The van der Waals surface area contributed by atoms with E-state index >= 15 is 0 Å². The number of aryl methyl sites for hydroxylation is 1. The van der Waals surface area contributed by atoms with E-state index in [0.29, 0.717) is 30.8 Å². The zero-order valence-electron chi connectivity index (χ0n) is 18.1. The third-order valence-corrected chi connectivity index (χ3v) is 5.29. The molecule has 0 fully saturated rings. The van der Waals surface area contributed by atoms with Crippen LogP contribution in [0.15, 0.2) is 54.6 Å². The number of nitrogens with one attached hydrogen (secondary N) is 1. The first kappa shape index (κ1) is 22.3. The molecule has 0 saturated carbocycles. The summed E-state index contributed by atoms with van der Waals surface area (Å²) < 4.78 is 18.9. The number of nitrogens with zero attached hydrogens (tertiary/aromatic N) is 1. The lowest BCUT2D eigenvalue weighted by atomic mass is 10.1. The molecule has 0 radical (unpaired) electrons. The number of aromatic amines is 1. The molecule has 0 saturated heterocycles. The molecular formula is C25H27FN2O3. The molecule has 1 heterocycles. The first-order chi connectivity index (χ1) is 14.9. The second kappa shape index (κ2) is 10.1. The topological polar surface area (TPSA) is 62.4 Å². The normalized spacial score (nSPS) is 10.7. The maximum Gasteiger partial charge on any atom is 0.355 e. The number of benzene rings is 2. The van der Waals surface area contributed by atoms with Gasteiger partial charge in [-0.2, -0.15) is 0 Å². The summed E-state index contributed by atoms with van der Waals surface area (Å²) in [6.45, 7) is 6.51. The Balaban J connectivity index is 1.89. The number of amides is 1. The van der Waals surface area contributed by atoms with Crippen LogP contribution >= 0.6 is 0 Å². The first-order valence-corrected chi connectivity index (χ1v) is 10.3. The number of H-pyrrole nitrogens is 1. The first-order valence-electron chi connectivity index (χ1n) is 10.3. The lowest BCUT2D eigenvalue weighted by molar-refractivity contribution is 0.0519. The van der Waals surface area contributed by atoms with E-state index in [1.54, 1.807) is 17.9 Å². The predicted octanol–water partition coefficient (Wildman–Crippen LogP) is 4.83. The van der Waals surface area contributed by atoms with Gasteiger partial charge in [-0.25, -0.2) is 9.18 Å². The Labute approximate surface area is 181 Å². The molecular weight excluding hydrogens is 395 g/mol. The van der Waals surface area contributed by atoms with Gasteiger partial charge in [-0.3, -0.25) is 4.79 Å². The fourth-order valence-corrected chi connectivity index (χ4v) is 3.59. The van der Waals surface area contributed by atoms with Crippen LogP contribution < -0.4 is 0 Å². The molecule has 3 rings (SSSR count). The maximum absolute atomic E-state index is 13.7. The van der Waals surface area contributed by atoms with Crippen molar-refractivity contribution >= 4 is 11.9 Å². The highest BCUT2D eigenvalue weighted by Gasteiger charge is 2.23. The molecule has 2 aromatic carbocycles. The van der Waals surface area contributed by atoms with E-state index in [2.05, 4.69) is 4.98 Å². The molecule has 6 heteroatoms. The van der Waals surface area contributed by atoms with Gasteiger partial charge in [-0.1, -0.05) is 36.4 Å². The van der Waals surface area contributed by atoms with Crippen LogP contribution in [-0.2, 0) is 17.7 Å². The molecule has 0 atom stereocenters. The van der Waals surface area contributed by atoms with E-state index in [4.69, 9.17) is 4.74 Å². The lowest BCUT2D eigenvalue weighted by Gasteiger charge is -2.24. The summed E-state index contributed by atoms with van der Waals surface area (Å²) in [6.07, 6.45) is 0.662. The van der Waals surface area contributed by atoms with E-state index in [0.717, 1.165) is 22.4 Å². The quantitative estimate of drug-likeness (QED) is 0.529. The van der Waals surface area contributed by atoms with Gasteiger partial charge < -0.3 is 14.6 Å². The van der Waals surface area contributed by atoms with E-state index in [-0.39, 0.29) is 12.5 Å². The van der Waals surface area contributed by atoms with Crippen molar-refractivity contribution < 1.29 is 18.7 Å². The van der Waals surface area contributed by atoms with Gasteiger partial charge in [0.05, 0.1) is 6.61 Å². The number of hydrogen-bond donors (Lipinski definition) is 1. The molecule has 0 aliphatic carbocycles. The zero-order chi connectivity index (χ0) is 22.4. The Morgan fingerprint density at radius 3 is 2.48 bits per heavy atom. The molecule has 3 aromatic rings. The molecule has 0 spiro atoms. The fourth-order valence-electron chi connectivity index (χ4n) is 3.59. The van der Waals surface area contributed by atoms with Crippen LogP contribution in [0.25, 0.3) is 0 Å². The second-order valence-electron chi connectivity index (χ2n) is 7.42. The number of halogens is 1. The van der Waals surface area contributed by atoms with Crippen molar-refractivity contribution in [2.24, 2.45) is 0 Å². The molecule has 1 aromatic heterocycles. The molecule has 0 unspecified atom stereocenters. The highest BCUT2D eigenvalue weighted by atomic mass is 19.1. The van der Waals surface area contributed by atoms with Crippen molar-refractivity contribution in [3.8, 4) is 0 Å². The monoisotopic (exact) mass is 422 g/mol. The van der Waals surface area contributed by atoms with Crippen LogP contribution in [0.1, 0.15) is 50.2 Å². The SMILES string of the molecule is CCOC(=O)c1[nH]c(C)c(CN(CCc2ccccc2)C(=O)c2cccc(F)c2)c1C. The largest absolute Gasteiger partial charge is 0.461 e. The van der Waals surface area contributed by atoms with Crippen LogP contribution in [0.2, 0.25) is 0 Å². The number of aromatic nitrogens is 1. The highest BCUT2D eigenvalue weighted by Crippen LogP contribution is 2.22. The Bertz CT molecular complexity index is 1060. The van der Waals surface area contributed by atoms with Crippen LogP contribution in [0.3, 0.4) is 0 Å². The van der Waals surface area contributed by atoms with Crippen LogP contribution in [0.5, 0.6) is 0 Å². The van der Waals surface area contributed by atoms with Gasteiger partial charge in [0, 0.05) is 24.3 Å². The molecule has 162 valence electrons. The molecule has 0 aliphatic heterocycles. The van der Waals surface area contributed by atoms with Gasteiger partial charge in [0.25, 0.3) is 5.91 Å². The molecule has 5 nitrogen and oxygen atoms in total. The minimum Gasteiger partial charge on any atom is -0.461 e. The van der Waals surface area contributed by atoms with E-state index in [1.807, 2.05) is 44.2 Å². The summed E-state index contributed by atoms with van der Waals surface area (Å²) in [5, 5.41) is 0. The molecule has 1 N–H and O–H groups in total. The summed E-state index contributed by atoms with van der Waals surface area (Å²) in [7, 11) is 0. The standard InChI is InChI=1S/C25H27FN2O3/c1-4-31-25(30)23-17(2)22(18(3)27-23)16-28(14-13-19-9-6-5-7-10-19)24(29)20-11-8-12-21(26)15-20/h5-12,15,27H,4,13-14,16H2,1-3H3. The maximum atomic E-state index is 13.7. The Kier molecular flexibility index (Phi) is 7.23. The second-order valence-corrected chi connectivity index (χ2v) is 7.42. The number of hydrogen-bond acceptors (Lipinski definition) is 3. The van der Waals surface area contributed by atoms with Gasteiger partial charge in [0.1, 0.15) is 11.5 Å². The number of carbonyl (C=O) groups is 2. The summed E-state index contributed by atoms with van der Waals surface area (Å²) in [4.78, 5) is 30.3. The molecule has 31 heavy (non-hydrogen) atoms. The van der Waals surface area contributed by atoms with Gasteiger partial charge in [-0.15, -0.1) is 0 Å². The Morgan fingerprint density at radius 2 is 1.81 bits per heavy atom. The molecule has 0 bridgehead atoms. The minimum atomic E-state index is -0.451. The van der Waals surface area contributed by atoms with Crippen molar-refractivity contribution in [2.45, 2.75) is 33.7 Å². The minimum absolute atomic E-state index is 0.256. The van der Waals surface area contributed by atoms with E-state index in [9.17, 15) is 14.0 Å². The van der Waals surface area contributed by atoms with Gasteiger partial charge in [0.2, 0.25) is 0 Å². The van der Waals surface area contributed by atoms with Crippen molar-refractivity contribution in [2.75, 3.05) is 13.2 Å². The third kappa shape index (κ3) is 5.40. The van der Waals surface area contributed by atoms with Crippen molar-refractivity contribution in [3.05, 3.63) is 94.1 Å². The Hall–Kier alpha value is -3.41. The fraction of sp³-hybridized carbons (Fsp3) is 0.280. The third-order valence-electron chi connectivity index (χ3n) is 5.29. The van der Waals surface area contributed by atoms with Gasteiger partial charge in [-0.05, 0) is 62.1 Å². The highest BCUT2D eigenvalue weighted by molar-refractivity contribution is 5.94. The van der Waals surface area contributed by atoms with Gasteiger partial charge >= 0.3 is 5.97 Å². The predicted molar refractivity (Wildman–Crippen MR) is 118 cm³/mol. The summed E-state index contributed by atoms with van der Waals surface area (Å²) >= 11 is 0. The van der Waals surface area contributed by atoms with Crippen molar-refractivity contribution in [1.82, 2.24) is 9.88 Å². The summed E-state index contributed by atoms with van der Waals surface area (Å²) in [5.41, 5.74) is 4.22. The number of carbonyl (C=O) groups excluding carboxylic acids is 2. The summed E-state index contributed by atoms with van der Waals surface area (Å²) in [5.74, 6) is -1.12. The van der Waals surface area contributed by atoms with E-state index in [1.165, 1.54) is 18.2 Å². The number of ether oxygens (including phenoxy) is 1. The van der Waals surface area contributed by atoms with E-state index < -0.39 is 11.8 Å². The van der Waals surface area contributed by atoms with Crippen LogP contribution in [-0.4, -0.2) is 34.9 Å². The Morgan fingerprint density at radius 1 is 1.06 bits per heavy atom. The van der Waals surface area contributed by atoms with Crippen LogP contribution in [0.4, 0.5) is 4.39 Å². The van der Waals surface area contributed by atoms with Crippen molar-refractivity contribution in [1.29, 1.82) is 0 Å².